The lowest BCUT2D eigenvalue weighted by molar-refractivity contribution is 0.582. The topological polar surface area (TPSA) is 18.5 Å². The molecule has 0 saturated carbocycles. The molecule has 3 nitrogen and oxygen atoms in total. The normalized spacial score (nSPS) is 12.6. The number of nitrogens with one attached hydrogen (secondary N) is 1. The van der Waals surface area contributed by atoms with Crippen LogP contribution in [0, 0.1) is 0 Å². The molecular formula is C94H73Br2N3. The van der Waals surface area contributed by atoms with Gasteiger partial charge in [0.1, 0.15) is 0 Å². The van der Waals surface area contributed by atoms with Crippen molar-refractivity contribution in [3.05, 3.63) is 406 Å². The number of benzene rings is 15. The fourth-order valence-corrected chi connectivity index (χ4v) is 15.7. The summed E-state index contributed by atoms with van der Waals surface area (Å²) in [6, 6.07) is 122. The maximum absolute atomic E-state index is 4.02. The van der Waals surface area contributed by atoms with Crippen molar-refractivity contribution in [3.8, 4) is 22.3 Å². The summed E-state index contributed by atoms with van der Waals surface area (Å²) in [4.78, 5) is 4.85. The molecule has 15 aromatic carbocycles. The number of fused-ring (bicyclic) bond motifs is 9. The third-order valence-electron chi connectivity index (χ3n) is 19.9. The highest BCUT2D eigenvalue weighted by molar-refractivity contribution is 9.10. The number of halogens is 2. The Balaban J connectivity index is 0.000000154. The summed E-state index contributed by atoms with van der Waals surface area (Å²) in [6.45, 7) is 12.7. The van der Waals surface area contributed by atoms with Gasteiger partial charge in [-0.25, -0.2) is 0 Å². The van der Waals surface area contributed by atoms with Gasteiger partial charge in [-0.1, -0.05) is 308 Å². The van der Waals surface area contributed by atoms with Gasteiger partial charge in [0.05, 0.1) is 11.4 Å². The largest absolute Gasteiger partial charge is 0.355 e. The molecule has 1 N–H and O–H groups in total. The van der Waals surface area contributed by atoms with Crippen molar-refractivity contribution in [2.45, 2.75) is 37.5 Å². The van der Waals surface area contributed by atoms with Gasteiger partial charge in [-0.05, 0) is 199 Å². The molecule has 5 heteroatoms. The third-order valence-corrected chi connectivity index (χ3v) is 20.9. The summed E-state index contributed by atoms with van der Waals surface area (Å²) in [6.07, 6.45) is 5.62. The molecule has 0 fully saturated rings. The Kier molecular flexibility index (Phi) is 18.0. The minimum Gasteiger partial charge on any atom is -0.355 e. The van der Waals surface area contributed by atoms with Crippen molar-refractivity contribution in [1.82, 2.24) is 0 Å². The van der Waals surface area contributed by atoms with E-state index in [1.54, 1.807) is 0 Å². The highest BCUT2D eigenvalue weighted by atomic mass is 79.9. The van der Waals surface area contributed by atoms with Crippen LogP contribution in [0.4, 0.5) is 45.5 Å². The molecule has 0 spiro atoms. The van der Waals surface area contributed by atoms with E-state index in [9.17, 15) is 0 Å². The van der Waals surface area contributed by atoms with Crippen LogP contribution in [-0.2, 0) is 23.7 Å². The van der Waals surface area contributed by atoms with Crippen LogP contribution in [0.25, 0.3) is 66.7 Å². The summed E-state index contributed by atoms with van der Waals surface area (Å²) in [7, 11) is 0. The van der Waals surface area contributed by atoms with Gasteiger partial charge in [-0.15, -0.1) is 0 Å². The second-order valence-corrected chi connectivity index (χ2v) is 27.9. The maximum Gasteiger partial charge on any atom is 0.0540 e. The summed E-state index contributed by atoms with van der Waals surface area (Å²) in [5.74, 6) is 0. The molecule has 0 radical (unpaired) electrons. The molecule has 2 aliphatic rings. The molecule has 0 saturated heterocycles. The van der Waals surface area contributed by atoms with E-state index in [2.05, 4.69) is 395 Å². The number of nitrogens with zero attached hydrogens (tertiary/aromatic N) is 2. The first-order valence-corrected chi connectivity index (χ1v) is 35.4. The molecule has 99 heavy (non-hydrogen) atoms. The lowest BCUT2D eigenvalue weighted by Crippen LogP contribution is -2.25. The van der Waals surface area contributed by atoms with Crippen LogP contribution in [0.15, 0.2) is 362 Å². The van der Waals surface area contributed by atoms with Gasteiger partial charge in [0.15, 0.2) is 0 Å². The van der Waals surface area contributed by atoms with E-state index in [1.807, 2.05) is 30.4 Å². The van der Waals surface area contributed by atoms with Crippen LogP contribution in [0.3, 0.4) is 0 Å². The van der Waals surface area contributed by atoms with Gasteiger partial charge in [0.2, 0.25) is 0 Å². The van der Waals surface area contributed by atoms with Gasteiger partial charge in [0, 0.05) is 70.1 Å². The molecule has 0 unspecified atom stereocenters. The van der Waals surface area contributed by atoms with Crippen LogP contribution in [0.1, 0.15) is 58.4 Å². The van der Waals surface area contributed by atoms with Crippen LogP contribution in [0.2, 0.25) is 0 Å². The van der Waals surface area contributed by atoms with E-state index >= 15 is 0 Å². The summed E-state index contributed by atoms with van der Waals surface area (Å²) < 4.78 is 2.26. The van der Waals surface area contributed by atoms with E-state index in [1.165, 1.54) is 88.0 Å². The number of hydrogen-bond donors (Lipinski definition) is 1. The molecule has 0 aliphatic heterocycles. The zero-order valence-electron chi connectivity index (χ0n) is 55.5. The van der Waals surface area contributed by atoms with Gasteiger partial charge < -0.3 is 15.1 Å². The highest BCUT2D eigenvalue weighted by Crippen LogP contribution is 2.56. The maximum atomic E-state index is 4.02. The molecule has 0 heterocycles. The monoisotopic (exact) mass is 1400 g/mol. The molecule has 17 rings (SSSR count). The first kappa shape index (κ1) is 63.9. The van der Waals surface area contributed by atoms with Crippen molar-refractivity contribution in [1.29, 1.82) is 0 Å². The van der Waals surface area contributed by atoms with Gasteiger partial charge >= 0.3 is 0 Å². The molecule has 2 aliphatic carbocycles. The third kappa shape index (κ3) is 12.7. The summed E-state index contributed by atoms with van der Waals surface area (Å²) in [5.41, 5.74) is 24.3. The van der Waals surface area contributed by atoms with Crippen molar-refractivity contribution >= 4 is 122 Å². The molecule has 0 bridgehead atoms. The summed E-state index contributed by atoms with van der Waals surface area (Å²) >= 11 is 7.32. The van der Waals surface area contributed by atoms with Crippen LogP contribution in [0.5, 0.6) is 0 Å². The Labute approximate surface area is 598 Å². The van der Waals surface area contributed by atoms with Crippen LogP contribution >= 0.6 is 31.9 Å². The predicted molar refractivity (Wildman–Crippen MR) is 431 cm³/mol. The first-order valence-electron chi connectivity index (χ1n) is 33.8. The van der Waals surface area contributed by atoms with E-state index in [-0.39, 0.29) is 10.8 Å². The number of anilines is 8. The van der Waals surface area contributed by atoms with Gasteiger partial charge in [0.25, 0.3) is 0 Å². The highest BCUT2D eigenvalue weighted by Gasteiger charge is 2.42. The fraction of sp³-hybridized carbons (Fsp3) is 0.0638. The van der Waals surface area contributed by atoms with E-state index in [0.717, 1.165) is 78.4 Å². The van der Waals surface area contributed by atoms with Crippen LogP contribution in [-0.4, -0.2) is 0 Å². The quantitative estimate of drug-likeness (QED) is 0.117. The number of hydrogen-bond acceptors (Lipinski definition) is 3. The van der Waals surface area contributed by atoms with E-state index < -0.39 is 0 Å². The molecular weight excluding hydrogens is 1330 g/mol. The first-order chi connectivity index (χ1) is 48.5. The van der Waals surface area contributed by atoms with Gasteiger partial charge in [-0.3, -0.25) is 0 Å². The van der Waals surface area contributed by atoms with Crippen molar-refractivity contribution in [2.24, 2.45) is 0 Å². The predicted octanol–water partition coefficient (Wildman–Crippen LogP) is 27.1. The zero-order valence-corrected chi connectivity index (χ0v) is 58.6. The summed E-state index contributed by atoms with van der Waals surface area (Å²) in [5, 5.41) is 10.8. The zero-order chi connectivity index (χ0) is 67.5. The van der Waals surface area contributed by atoms with E-state index in [4.69, 9.17) is 0 Å². The Morgan fingerprint density at radius 2 is 0.667 bits per heavy atom. The molecule has 0 atom stereocenters. The molecule has 0 amide bonds. The SMILES string of the molecule is C=Cc1ccc(CC2(C)c3cc(Br)ccc3-c3ccc(Br)cc32)cc1.C=Cc1ccc(CC2(C)c3cc(N(c4ccccc4)c4cccc5ccccc45)ccc3-c3ccc(N(c4ccccc4)c4cccc5ccccc45)cc32)cc1.c1ccc(Nc2cccc3ccccc23)cc1. The Morgan fingerprint density at radius 1 is 0.323 bits per heavy atom. The van der Waals surface area contributed by atoms with Crippen molar-refractivity contribution in [2.75, 3.05) is 15.1 Å². The minimum absolute atomic E-state index is 0.0477. The lowest BCUT2D eigenvalue weighted by Gasteiger charge is -2.32. The second-order valence-electron chi connectivity index (χ2n) is 26.1. The van der Waals surface area contributed by atoms with Crippen LogP contribution < -0.4 is 15.1 Å². The molecule has 478 valence electrons. The molecule has 15 aromatic rings. The Bertz CT molecular complexity index is 5210. The molecule has 0 aromatic heterocycles. The minimum atomic E-state index is -0.339. The lowest BCUT2D eigenvalue weighted by atomic mass is 9.75. The Morgan fingerprint density at radius 3 is 1.09 bits per heavy atom. The Hall–Kier alpha value is -11.1. The average Bonchev–Trinajstić information content (AvgIpc) is 1.58. The number of rotatable bonds is 14. The number of para-hydroxylation sites is 3. The van der Waals surface area contributed by atoms with Crippen molar-refractivity contribution < 1.29 is 0 Å². The standard InChI is InChI=1S/C55H42N2.C23H18Br2.C16H13N/c1-3-39-28-30-40(31-29-39)38-55(2)51-36-45(56(43-20-6-4-7-21-43)53-26-14-18-41-16-10-12-24-47(41)53)32-34-49(51)50-35-33-46(37-52(50)55)57(44-22-8-5-9-23-44)54-27-15-19-42-17-11-13-25-48(42)54;1-3-15-4-6-16(7-5-15)14-23(2)21-12-17(24)8-10-19(21)20-11-9-18(25)13-22(20)23;1-2-9-14(10-3-1)17-16-12-6-8-13-7-4-5-11-15(13)16/h3-37H,1,38H2,2H3;3-13H,1,14H2,2H3;1-12,17H. The average molecular weight is 1400 g/mol. The smallest absolute Gasteiger partial charge is 0.0540 e. The van der Waals surface area contributed by atoms with E-state index in [0.29, 0.717) is 0 Å². The fourth-order valence-electron chi connectivity index (χ4n) is 15.0. The van der Waals surface area contributed by atoms with Gasteiger partial charge in [-0.2, -0.15) is 0 Å². The van der Waals surface area contributed by atoms with Crippen molar-refractivity contribution in [3.63, 3.8) is 0 Å². The second kappa shape index (κ2) is 27.8.